The van der Waals surface area contributed by atoms with Gasteiger partial charge in [0.25, 0.3) is 5.91 Å². The zero-order chi connectivity index (χ0) is 15.4. The topological polar surface area (TPSA) is 60.5 Å². The van der Waals surface area contributed by atoms with E-state index in [4.69, 9.17) is 10.5 Å². The Hall–Kier alpha value is -2.43. The van der Waals surface area contributed by atoms with Crippen molar-refractivity contribution >= 4 is 11.6 Å². The van der Waals surface area contributed by atoms with Crippen molar-refractivity contribution in [3.8, 4) is 5.75 Å². The van der Waals surface area contributed by atoms with Crippen LogP contribution in [0.15, 0.2) is 36.5 Å². The first kappa shape index (κ1) is 15.0. The van der Waals surface area contributed by atoms with Crippen molar-refractivity contribution in [3.63, 3.8) is 0 Å². The number of benzene rings is 1. The van der Waals surface area contributed by atoms with Crippen molar-refractivity contribution in [2.75, 3.05) is 25.9 Å². The van der Waals surface area contributed by atoms with Gasteiger partial charge in [-0.3, -0.25) is 4.79 Å². The highest BCUT2D eigenvalue weighted by molar-refractivity contribution is 5.93. The molecule has 2 N–H and O–H groups in total. The molecule has 1 aromatic heterocycles. The molecule has 0 radical (unpaired) electrons. The summed E-state index contributed by atoms with van der Waals surface area (Å²) in [5.74, 6) is 0.782. The van der Waals surface area contributed by atoms with E-state index in [-0.39, 0.29) is 5.91 Å². The van der Waals surface area contributed by atoms with Gasteiger partial charge in [-0.15, -0.1) is 0 Å². The van der Waals surface area contributed by atoms with Crippen LogP contribution in [0.25, 0.3) is 0 Å². The Morgan fingerprint density at radius 3 is 2.71 bits per heavy atom. The van der Waals surface area contributed by atoms with Crippen molar-refractivity contribution in [2.45, 2.75) is 6.92 Å². The van der Waals surface area contributed by atoms with Gasteiger partial charge in [-0.1, -0.05) is 18.2 Å². The van der Waals surface area contributed by atoms with E-state index in [1.807, 2.05) is 31.2 Å². The molecule has 0 atom stereocenters. The fourth-order valence-electron chi connectivity index (χ4n) is 2.11. The van der Waals surface area contributed by atoms with Gasteiger partial charge in [0.15, 0.2) is 0 Å². The van der Waals surface area contributed by atoms with Crippen molar-refractivity contribution in [3.05, 3.63) is 47.8 Å². The lowest BCUT2D eigenvalue weighted by Gasteiger charge is -2.18. The van der Waals surface area contributed by atoms with E-state index >= 15 is 0 Å². The highest BCUT2D eigenvalue weighted by Crippen LogP contribution is 2.16. The summed E-state index contributed by atoms with van der Waals surface area (Å²) in [4.78, 5) is 13.9. The summed E-state index contributed by atoms with van der Waals surface area (Å²) >= 11 is 0. The zero-order valence-electron chi connectivity index (χ0n) is 12.7. The Balaban J connectivity index is 1.90. The molecular weight excluding hydrogens is 266 g/mol. The number of para-hydroxylation sites is 1. The molecule has 0 bridgehead atoms. The summed E-state index contributed by atoms with van der Waals surface area (Å²) in [5, 5.41) is 0. The van der Waals surface area contributed by atoms with Crippen molar-refractivity contribution in [2.24, 2.45) is 7.05 Å². The van der Waals surface area contributed by atoms with Crippen LogP contribution < -0.4 is 10.5 Å². The molecular formula is C16H21N3O2. The SMILES string of the molecule is Cc1ccccc1OCCN(C)C(=O)c1cc(N)cn1C. The van der Waals surface area contributed by atoms with E-state index in [1.54, 1.807) is 35.8 Å². The molecule has 0 aliphatic carbocycles. The molecule has 5 nitrogen and oxygen atoms in total. The summed E-state index contributed by atoms with van der Waals surface area (Å²) < 4.78 is 7.44. The molecule has 0 fully saturated rings. The second-order valence-corrected chi connectivity index (χ2v) is 5.11. The van der Waals surface area contributed by atoms with Crippen LogP contribution in [0.5, 0.6) is 5.75 Å². The molecule has 2 rings (SSSR count). The number of amides is 1. The number of ether oxygens (including phenoxy) is 1. The number of anilines is 1. The maximum absolute atomic E-state index is 12.3. The lowest BCUT2D eigenvalue weighted by Crippen LogP contribution is -2.32. The Bertz CT molecular complexity index is 634. The second-order valence-electron chi connectivity index (χ2n) is 5.11. The third-order valence-electron chi connectivity index (χ3n) is 3.37. The summed E-state index contributed by atoms with van der Waals surface area (Å²) in [7, 11) is 3.56. The molecule has 0 unspecified atom stereocenters. The summed E-state index contributed by atoms with van der Waals surface area (Å²) in [5.41, 5.74) is 7.94. The van der Waals surface area contributed by atoms with Gasteiger partial charge in [0, 0.05) is 20.3 Å². The zero-order valence-corrected chi connectivity index (χ0v) is 12.7. The maximum atomic E-state index is 12.3. The number of nitrogen functional groups attached to an aromatic ring is 1. The second kappa shape index (κ2) is 6.35. The lowest BCUT2D eigenvalue weighted by molar-refractivity contribution is 0.0764. The molecule has 112 valence electrons. The minimum Gasteiger partial charge on any atom is -0.491 e. The van der Waals surface area contributed by atoms with E-state index in [2.05, 4.69) is 0 Å². The van der Waals surface area contributed by atoms with Crippen LogP contribution in [0.4, 0.5) is 5.69 Å². The van der Waals surface area contributed by atoms with Gasteiger partial charge in [-0.25, -0.2) is 0 Å². The van der Waals surface area contributed by atoms with Crippen molar-refractivity contribution in [1.82, 2.24) is 9.47 Å². The molecule has 1 aromatic carbocycles. The molecule has 5 heteroatoms. The lowest BCUT2D eigenvalue weighted by atomic mass is 10.2. The quantitative estimate of drug-likeness (QED) is 0.915. The van der Waals surface area contributed by atoms with Gasteiger partial charge in [-0.05, 0) is 24.6 Å². The highest BCUT2D eigenvalue weighted by atomic mass is 16.5. The van der Waals surface area contributed by atoms with Gasteiger partial charge < -0.3 is 19.9 Å². The van der Waals surface area contributed by atoms with Gasteiger partial charge >= 0.3 is 0 Å². The number of rotatable bonds is 5. The molecule has 2 aromatic rings. The molecule has 0 aliphatic rings. The molecule has 0 saturated carbocycles. The first-order chi connectivity index (χ1) is 9.99. The van der Waals surface area contributed by atoms with Crippen LogP contribution in [0.2, 0.25) is 0 Å². The largest absolute Gasteiger partial charge is 0.491 e. The summed E-state index contributed by atoms with van der Waals surface area (Å²) in [6, 6.07) is 9.51. The average Bonchev–Trinajstić information content (AvgIpc) is 2.79. The minimum absolute atomic E-state index is 0.0671. The smallest absolute Gasteiger partial charge is 0.270 e. The van der Waals surface area contributed by atoms with Crippen LogP contribution in [0.3, 0.4) is 0 Å². The van der Waals surface area contributed by atoms with Gasteiger partial charge in [0.05, 0.1) is 12.2 Å². The fraction of sp³-hybridized carbons (Fsp3) is 0.312. The Kier molecular flexibility index (Phi) is 4.52. The van der Waals surface area contributed by atoms with Gasteiger partial charge in [-0.2, -0.15) is 0 Å². The van der Waals surface area contributed by atoms with E-state index in [0.29, 0.717) is 24.5 Å². The van der Waals surface area contributed by atoms with E-state index in [1.165, 1.54) is 0 Å². The molecule has 21 heavy (non-hydrogen) atoms. The van der Waals surface area contributed by atoms with Crippen molar-refractivity contribution in [1.29, 1.82) is 0 Å². The van der Waals surface area contributed by atoms with E-state index in [9.17, 15) is 4.79 Å². The minimum atomic E-state index is -0.0671. The fourth-order valence-corrected chi connectivity index (χ4v) is 2.11. The monoisotopic (exact) mass is 287 g/mol. The standard InChI is InChI=1S/C16H21N3O2/c1-12-6-4-5-7-15(12)21-9-8-18(2)16(20)14-10-13(17)11-19(14)3/h4-7,10-11H,8-9,17H2,1-3H3. The number of aryl methyl sites for hydroxylation is 2. The van der Waals surface area contributed by atoms with Crippen LogP contribution in [0, 0.1) is 6.92 Å². The molecule has 0 spiro atoms. The third kappa shape index (κ3) is 3.56. The average molecular weight is 287 g/mol. The number of carbonyl (C=O) groups is 1. The number of aromatic nitrogens is 1. The Morgan fingerprint density at radius 2 is 2.10 bits per heavy atom. The predicted octanol–water partition coefficient (Wildman–Crippen LogP) is 2.07. The number of nitrogens with zero attached hydrogens (tertiary/aromatic N) is 2. The number of carbonyl (C=O) groups excluding carboxylic acids is 1. The Morgan fingerprint density at radius 1 is 1.38 bits per heavy atom. The summed E-state index contributed by atoms with van der Waals surface area (Å²) in [6.45, 7) is 2.96. The molecule has 0 aliphatic heterocycles. The van der Waals surface area contributed by atoms with Crippen LogP contribution in [-0.4, -0.2) is 35.6 Å². The van der Waals surface area contributed by atoms with Crippen LogP contribution in [0.1, 0.15) is 16.1 Å². The van der Waals surface area contributed by atoms with Gasteiger partial charge in [0.1, 0.15) is 18.1 Å². The molecule has 1 heterocycles. The number of hydrogen-bond acceptors (Lipinski definition) is 3. The normalized spacial score (nSPS) is 10.4. The predicted molar refractivity (Wildman–Crippen MR) is 83.5 cm³/mol. The van der Waals surface area contributed by atoms with Gasteiger partial charge in [0.2, 0.25) is 0 Å². The van der Waals surface area contributed by atoms with Crippen molar-refractivity contribution < 1.29 is 9.53 Å². The first-order valence-electron chi connectivity index (χ1n) is 6.85. The maximum Gasteiger partial charge on any atom is 0.270 e. The van der Waals surface area contributed by atoms with Crippen LogP contribution in [-0.2, 0) is 7.05 Å². The molecule has 1 amide bonds. The van der Waals surface area contributed by atoms with Crippen LogP contribution >= 0.6 is 0 Å². The number of likely N-dealkylation sites (N-methyl/N-ethyl adjacent to an activating group) is 1. The summed E-state index contributed by atoms with van der Waals surface area (Å²) in [6.07, 6.45) is 1.73. The molecule has 0 saturated heterocycles. The number of nitrogens with two attached hydrogens (primary N) is 1. The first-order valence-corrected chi connectivity index (χ1v) is 6.85. The highest BCUT2D eigenvalue weighted by Gasteiger charge is 2.15. The van der Waals surface area contributed by atoms with E-state index < -0.39 is 0 Å². The third-order valence-corrected chi connectivity index (χ3v) is 3.37. The Labute approximate surface area is 124 Å². The van der Waals surface area contributed by atoms with E-state index in [0.717, 1.165) is 11.3 Å². The number of hydrogen-bond donors (Lipinski definition) is 1.